The fourth-order valence-electron chi connectivity index (χ4n) is 1.38. The molecule has 0 aliphatic rings. The minimum absolute atomic E-state index is 1.06. The van der Waals surface area contributed by atoms with Gasteiger partial charge in [-0.3, -0.25) is 0 Å². The first kappa shape index (κ1) is 9.85. The minimum Gasteiger partial charge on any atom is -0.378 e. The summed E-state index contributed by atoms with van der Waals surface area (Å²) in [6.07, 6.45) is 2.97. The molecule has 70 valence electrons. The maximum absolute atomic E-state index is 3.80. The number of anilines is 1. The highest BCUT2D eigenvalue weighted by Crippen LogP contribution is 2.19. The summed E-state index contributed by atoms with van der Waals surface area (Å²) in [5.74, 6) is 0. The van der Waals surface area contributed by atoms with Crippen molar-refractivity contribution in [1.82, 2.24) is 0 Å². The van der Waals surface area contributed by atoms with Crippen molar-refractivity contribution in [3.8, 4) is 0 Å². The number of hydrogen-bond acceptors (Lipinski definition) is 1. The molecule has 0 atom stereocenters. The fraction of sp³-hybridized carbons (Fsp3) is 0.333. The Kier molecular flexibility index (Phi) is 3.13. The monoisotopic (exact) mass is 175 g/mol. The molecule has 1 rings (SSSR count). The maximum atomic E-state index is 3.80. The molecule has 0 unspecified atom stereocenters. The summed E-state index contributed by atoms with van der Waals surface area (Å²) in [5, 5.41) is 0. The van der Waals surface area contributed by atoms with Gasteiger partial charge < -0.3 is 4.90 Å². The molecular formula is C12H17N. The predicted octanol–water partition coefficient (Wildman–Crippen LogP) is 2.96. The minimum atomic E-state index is 1.06. The molecule has 0 heterocycles. The van der Waals surface area contributed by atoms with E-state index in [2.05, 4.69) is 50.7 Å². The number of benzene rings is 1. The van der Waals surface area contributed by atoms with Crippen LogP contribution in [-0.2, 0) is 6.42 Å². The van der Waals surface area contributed by atoms with Gasteiger partial charge in [-0.2, -0.15) is 0 Å². The van der Waals surface area contributed by atoms with Crippen molar-refractivity contribution in [2.45, 2.75) is 13.3 Å². The Morgan fingerprint density at radius 3 is 2.54 bits per heavy atom. The lowest BCUT2D eigenvalue weighted by molar-refractivity contribution is 1.09. The van der Waals surface area contributed by atoms with Crippen molar-refractivity contribution in [3.63, 3.8) is 0 Å². The molecule has 0 N–H and O–H groups in total. The molecule has 1 nitrogen and oxygen atoms in total. The Hall–Kier alpha value is -1.24. The third-order valence-corrected chi connectivity index (χ3v) is 2.24. The Morgan fingerprint density at radius 1 is 1.38 bits per heavy atom. The van der Waals surface area contributed by atoms with Crippen LogP contribution in [0.5, 0.6) is 0 Å². The summed E-state index contributed by atoms with van der Waals surface area (Å²) in [7, 11) is 4.12. The molecule has 1 aromatic rings. The van der Waals surface area contributed by atoms with Crippen LogP contribution in [0.3, 0.4) is 0 Å². The van der Waals surface area contributed by atoms with Crippen molar-refractivity contribution >= 4 is 11.8 Å². The molecule has 0 aliphatic heterocycles. The fourth-order valence-corrected chi connectivity index (χ4v) is 1.38. The number of hydrogen-bond donors (Lipinski definition) is 0. The van der Waals surface area contributed by atoms with Gasteiger partial charge in [-0.15, -0.1) is 0 Å². The molecule has 13 heavy (non-hydrogen) atoms. The van der Waals surface area contributed by atoms with Crippen molar-refractivity contribution < 1.29 is 0 Å². The van der Waals surface area contributed by atoms with Crippen LogP contribution in [0.15, 0.2) is 24.8 Å². The van der Waals surface area contributed by atoms with E-state index in [0.717, 1.165) is 6.42 Å². The average Bonchev–Trinajstić information content (AvgIpc) is 2.16. The Bertz CT molecular complexity index is 300. The Balaban J connectivity index is 3.12. The zero-order valence-electron chi connectivity index (χ0n) is 8.67. The molecular weight excluding hydrogens is 158 g/mol. The van der Waals surface area contributed by atoms with E-state index in [0.29, 0.717) is 0 Å². The molecule has 0 amide bonds. The standard InChI is InChI=1S/C12H17N/c1-5-10-7-8-12(13(3)4)9-11(10)6-2/h5,7-9H,1,6H2,2-4H3. The van der Waals surface area contributed by atoms with E-state index >= 15 is 0 Å². The molecule has 0 aromatic heterocycles. The van der Waals surface area contributed by atoms with E-state index in [9.17, 15) is 0 Å². The van der Waals surface area contributed by atoms with Gasteiger partial charge in [0, 0.05) is 19.8 Å². The van der Waals surface area contributed by atoms with Crippen LogP contribution < -0.4 is 4.90 Å². The molecule has 0 radical (unpaired) electrons. The van der Waals surface area contributed by atoms with Gasteiger partial charge in [-0.05, 0) is 29.7 Å². The lowest BCUT2D eigenvalue weighted by atomic mass is 10.0. The van der Waals surface area contributed by atoms with Crippen molar-refractivity contribution in [2.75, 3.05) is 19.0 Å². The highest BCUT2D eigenvalue weighted by atomic mass is 15.1. The third-order valence-electron chi connectivity index (χ3n) is 2.24. The molecule has 1 heteroatoms. The summed E-state index contributed by atoms with van der Waals surface area (Å²) in [6, 6.07) is 6.47. The van der Waals surface area contributed by atoms with Gasteiger partial charge in [-0.1, -0.05) is 25.6 Å². The molecule has 0 aliphatic carbocycles. The SMILES string of the molecule is C=Cc1ccc(N(C)C)cc1CC. The van der Waals surface area contributed by atoms with Gasteiger partial charge in [0.25, 0.3) is 0 Å². The molecule has 0 fully saturated rings. The van der Waals surface area contributed by atoms with Crippen LogP contribution in [0.2, 0.25) is 0 Å². The van der Waals surface area contributed by atoms with E-state index in [1.165, 1.54) is 16.8 Å². The molecule has 1 aromatic carbocycles. The van der Waals surface area contributed by atoms with E-state index < -0.39 is 0 Å². The van der Waals surface area contributed by atoms with E-state index in [4.69, 9.17) is 0 Å². The van der Waals surface area contributed by atoms with E-state index in [1.54, 1.807) is 0 Å². The van der Waals surface area contributed by atoms with Gasteiger partial charge in [0.15, 0.2) is 0 Å². The second kappa shape index (κ2) is 4.13. The summed E-state index contributed by atoms with van der Waals surface area (Å²) in [4.78, 5) is 2.12. The van der Waals surface area contributed by atoms with Crippen LogP contribution in [-0.4, -0.2) is 14.1 Å². The largest absolute Gasteiger partial charge is 0.378 e. The Morgan fingerprint density at radius 2 is 2.08 bits per heavy atom. The maximum Gasteiger partial charge on any atom is 0.0364 e. The van der Waals surface area contributed by atoms with Gasteiger partial charge in [0.2, 0.25) is 0 Å². The normalized spacial score (nSPS) is 9.77. The van der Waals surface area contributed by atoms with Crippen molar-refractivity contribution in [3.05, 3.63) is 35.9 Å². The first-order valence-electron chi connectivity index (χ1n) is 4.61. The van der Waals surface area contributed by atoms with E-state index in [-0.39, 0.29) is 0 Å². The zero-order chi connectivity index (χ0) is 9.84. The number of rotatable bonds is 3. The third kappa shape index (κ3) is 2.11. The van der Waals surface area contributed by atoms with E-state index in [1.807, 2.05) is 6.08 Å². The van der Waals surface area contributed by atoms with Crippen LogP contribution in [0.1, 0.15) is 18.1 Å². The summed E-state index contributed by atoms with van der Waals surface area (Å²) in [6.45, 7) is 5.97. The summed E-state index contributed by atoms with van der Waals surface area (Å²) in [5.41, 5.74) is 3.86. The smallest absolute Gasteiger partial charge is 0.0364 e. The van der Waals surface area contributed by atoms with Gasteiger partial charge in [-0.25, -0.2) is 0 Å². The van der Waals surface area contributed by atoms with Crippen molar-refractivity contribution in [1.29, 1.82) is 0 Å². The first-order chi connectivity index (χ1) is 6.19. The average molecular weight is 175 g/mol. The number of nitrogens with zero attached hydrogens (tertiary/aromatic N) is 1. The van der Waals surface area contributed by atoms with Crippen LogP contribution >= 0.6 is 0 Å². The topological polar surface area (TPSA) is 3.24 Å². The molecule has 0 saturated heterocycles. The Labute approximate surface area is 80.7 Å². The number of aryl methyl sites for hydroxylation is 1. The van der Waals surface area contributed by atoms with Crippen LogP contribution in [0.4, 0.5) is 5.69 Å². The molecule has 0 saturated carbocycles. The zero-order valence-corrected chi connectivity index (χ0v) is 8.67. The second-order valence-corrected chi connectivity index (χ2v) is 3.34. The summed E-state index contributed by atoms with van der Waals surface area (Å²) < 4.78 is 0. The van der Waals surface area contributed by atoms with Crippen LogP contribution in [0, 0.1) is 0 Å². The summed E-state index contributed by atoms with van der Waals surface area (Å²) >= 11 is 0. The highest BCUT2D eigenvalue weighted by Gasteiger charge is 2.00. The molecule has 0 spiro atoms. The van der Waals surface area contributed by atoms with Crippen molar-refractivity contribution in [2.24, 2.45) is 0 Å². The van der Waals surface area contributed by atoms with Gasteiger partial charge in [0.1, 0.15) is 0 Å². The molecule has 0 bridgehead atoms. The lowest BCUT2D eigenvalue weighted by Gasteiger charge is -2.14. The lowest BCUT2D eigenvalue weighted by Crippen LogP contribution is -2.08. The second-order valence-electron chi connectivity index (χ2n) is 3.34. The first-order valence-corrected chi connectivity index (χ1v) is 4.61. The predicted molar refractivity (Wildman–Crippen MR) is 60.2 cm³/mol. The van der Waals surface area contributed by atoms with Crippen LogP contribution in [0.25, 0.3) is 6.08 Å². The highest BCUT2D eigenvalue weighted by molar-refractivity contribution is 5.59. The van der Waals surface area contributed by atoms with Gasteiger partial charge in [0.05, 0.1) is 0 Å². The van der Waals surface area contributed by atoms with Gasteiger partial charge >= 0.3 is 0 Å². The quantitative estimate of drug-likeness (QED) is 0.682.